The molecule has 35 heavy (non-hydrogen) atoms. The zero-order valence-corrected chi connectivity index (χ0v) is 20.9. The Hall–Kier alpha value is -3.59. The van der Waals surface area contributed by atoms with Crippen molar-refractivity contribution >= 4 is 35.6 Å². The van der Waals surface area contributed by atoms with Crippen LogP contribution in [0.2, 0.25) is 5.02 Å². The van der Waals surface area contributed by atoms with Crippen LogP contribution in [-0.2, 0) is 14.3 Å². The molecule has 0 aliphatic heterocycles. The van der Waals surface area contributed by atoms with Crippen LogP contribution in [0.4, 0.5) is 0 Å². The number of hydrogen-bond donors (Lipinski definition) is 2. The molecule has 188 valence electrons. The van der Waals surface area contributed by atoms with E-state index in [2.05, 4.69) is 15.8 Å². The zero-order valence-electron chi connectivity index (χ0n) is 20.2. The van der Waals surface area contributed by atoms with E-state index in [-0.39, 0.29) is 19.1 Å². The Kier molecular flexibility index (Phi) is 11.0. The largest absolute Gasteiger partial charge is 0.490 e. The summed E-state index contributed by atoms with van der Waals surface area (Å²) in [5.74, 6) is -0.749. The van der Waals surface area contributed by atoms with E-state index < -0.39 is 23.8 Å². The Morgan fingerprint density at radius 3 is 2.46 bits per heavy atom. The Morgan fingerprint density at radius 1 is 1.03 bits per heavy atom. The summed E-state index contributed by atoms with van der Waals surface area (Å²) in [5.41, 5.74) is 3.44. The number of nitrogens with zero attached hydrogens (tertiary/aromatic N) is 1. The molecule has 0 aliphatic carbocycles. The summed E-state index contributed by atoms with van der Waals surface area (Å²) in [4.78, 5) is 36.8. The lowest BCUT2D eigenvalue weighted by Gasteiger charge is -2.20. The fraction of sp³-hybridized carbons (Fsp3) is 0.360. The summed E-state index contributed by atoms with van der Waals surface area (Å²) in [7, 11) is 0. The number of carbonyl (C=O) groups excluding carboxylic acids is 3. The number of ether oxygens (including phenoxy) is 3. The second-order valence-electron chi connectivity index (χ2n) is 7.67. The van der Waals surface area contributed by atoms with Gasteiger partial charge in [-0.15, -0.1) is 0 Å². The summed E-state index contributed by atoms with van der Waals surface area (Å²) >= 11 is 5.95. The number of rotatable bonds is 12. The zero-order chi connectivity index (χ0) is 25.8. The van der Waals surface area contributed by atoms with Crippen molar-refractivity contribution in [3.8, 4) is 11.5 Å². The smallest absolute Gasteiger partial charge is 0.344 e. The number of hydrogen-bond acceptors (Lipinski definition) is 7. The van der Waals surface area contributed by atoms with Crippen molar-refractivity contribution in [2.75, 3.05) is 19.8 Å². The molecule has 1 atom stereocenters. The Labute approximate surface area is 209 Å². The minimum Gasteiger partial charge on any atom is -0.490 e. The molecule has 10 heteroatoms. The maximum absolute atomic E-state index is 12.7. The van der Waals surface area contributed by atoms with Crippen molar-refractivity contribution in [3.63, 3.8) is 0 Å². The Morgan fingerprint density at radius 2 is 1.80 bits per heavy atom. The van der Waals surface area contributed by atoms with Gasteiger partial charge in [0.2, 0.25) is 0 Å². The molecule has 0 heterocycles. The van der Waals surface area contributed by atoms with Gasteiger partial charge in [-0.1, -0.05) is 31.5 Å². The Bertz CT molecular complexity index is 1060. The number of carbonyl (C=O) groups is 3. The standard InChI is InChI=1S/C25H30ClN3O6/c1-5-33-21-12-17(10-11-20(21)35-15-22(30)34-6-2)14-27-29-25(32)23(16(3)4)28-24(31)18-8-7-9-19(26)13-18/h7-14,16,23H,5-6,15H2,1-4H3,(H,28,31)(H,29,32). The molecule has 0 aromatic heterocycles. The van der Waals surface area contributed by atoms with Gasteiger partial charge in [0.25, 0.3) is 11.8 Å². The first-order chi connectivity index (χ1) is 16.7. The molecule has 2 aromatic rings. The lowest BCUT2D eigenvalue weighted by atomic mass is 10.0. The molecule has 2 rings (SSSR count). The SMILES string of the molecule is CCOC(=O)COc1ccc(C=NNC(=O)C(NC(=O)c2cccc(Cl)c2)C(C)C)cc1OCC. The monoisotopic (exact) mass is 503 g/mol. The van der Waals surface area contributed by atoms with Gasteiger partial charge >= 0.3 is 5.97 Å². The molecular weight excluding hydrogens is 474 g/mol. The van der Waals surface area contributed by atoms with Gasteiger partial charge in [0.1, 0.15) is 6.04 Å². The highest BCUT2D eigenvalue weighted by atomic mass is 35.5. The first kappa shape index (κ1) is 27.7. The number of hydrazone groups is 1. The highest BCUT2D eigenvalue weighted by Gasteiger charge is 2.24. The Balaban J connectivity index is 2.03. The van der Waals surface area contributed by atoms with Crippen LogP contribution in [0, 0.1) is 5.92 Å². The van der Waals surface area contributed by atoms with Crippen molar-refractivity contribution in [1.82, 2.24) is 10.7 Å². The van der Waals surface area contributed by atoms with Gasteiger partial charge in [-0.05, 0) is 61.7 Å². The van der Waals surface area contributed by atoms with Gasteiger partial charge in [0, 0.05) is 10.6 Å². The maximum atomic E-state index is 12.7. The van der Waals surface area contributed by atoms with Crippen LogP contribution in [-0.4, -0.2) is 49.9 Å². The van der Waals surface area contributed by atoms with Crippen molar-refractivity contribution in [2.24, 2.45) is 11.0 Å². The number of esters is 1. The molecule has 0 spiro atoms. The van der Waals surface area contributed by atoms with Crippen LogP contribution in [0.25, 0.3) is 0 Å². The van der Waals surface area contributed by atoms with E-state index in [1.807, 2.05) is 20.8 Å². The summed E-state index contributed by atoms with van der Waals surface area (Å²) < 4.78 is 15.9. The lowest BCUT2D eigenvalue weighted by Crippen LogP contribution is -2.48. The second kappa shape index (κ2) is 14.0. The van der Waals surface area contributed by atoms with E-state index in [1.165, 1.54) is 12.3 Å². The summed E-state index contributed by atoms with van der Waals surface area (Å²) in [6, 6.07) is 10.7. The van der Waals surface area contributed by atoms with Gasteiger partial charge in [-0.3, -0.25) is 9.59 Å². The topological polar surface area (TPSA) is 115 Å². The molecule has 0 saturated carbocycles. The van der Waals surface area contributed by atoms with Crippen molar-refractivity contribution in [1.29, 1.82) is 0 Å². The van der Waals surface area contributed by atoms with Gasteiger partial charge in [0.05, 0.1) is 19.4 Å². The first-order valence-corrected chi connectivity index (χ1v) is 11.6. The second-order valence-corrected chi connectivity index (χ2v) is 8.11. The van der Waals surface area contributed by atoms with E-state index in [0.29, 0.717) is 34.3 Å². The highest BCUT2D eigenvalue weighted by molar-refractivity contribution is 6.31. The van der Waals surface area contributed by atoms with Gasteiger partial charge in [-0.2, -0.15) is 5.10 Å². The van der Waals surface area contributed by atoms with Crippen LogP contribution in [0.5, 0.6) is 11.5 Å². The molecule has 0 radical (unpaired) electrons. The molecule has 0 saturated heterocycles. The quantitative estimate of drug-likeness (QED) is 0.260. The minimum absolute atomic E-state index is 0.186. The number of amides is 2. The predicted molar refractivity (Wildman–Crippen MR) is 133 cm³/mol. The van der Waals surface area contributed by atoms with Crippen molar-refractivity contribution in [3.05, 3.63) is 58.6 Å². The first-order valence-electron chi connectivity index (χ1n) is 11.2. The molecule has 0 fully saturated rings. The van der Waals surface area contributed by atoms with E-state index in [4.69, 9.17) is 25.8 Å². The third-order valence-electron chi connectivity index (χ3n) is 4.63. The van der Waals surface area contributed by atoms with Gasteiger partial charge in [0.15, 0.2) is 18.1 Å². The van der Waals surface area contributed by atoms with E-state index in [1.54, 1.807) is 43.3 Å². The number of nitrogens with one attached hydrogen (secondary N) is 2. The van der Waals surface area contributed by atoms with Crippen LogP contribution < -0.4 is 20.2 Å². The molecule has 0 aliphatic rings. The number of benzene rings is 2. The maximum Gasteiger partial charge on any atom is 0.344 e. The molecule has 2 amide bonds. The fourth-order valence-corrected chi connectivity index (χ4v) is 3.15. The predicted octanol–water partition coefficient (Wildman–Crippen LogP) is 3.59. The lowest BCUT2D eigenvalue weighted by molar-refractivity contribution is -0.145. The third-order valence-corrected chi connectivity index (χ3v) is 4.86. The summed E-state index contributed by atoms with van der Waals surface area (Å²) in [5, 5.41) is 7.14. The van der Waals surface area contributed by atoms with E-state index in [9.17, 15) is 14.4 Å². The van der Waals surface area contributed by atoms with Crippen LogP contribution in [0.15, 0.2) is 47.6 Å². The number of halogens is 1. The van der Waals surface area contributed by atoms with Crippen molar-refractivity contribution < 1.29 is 28.6 Å². The third kappa shape index (κ3) is 8.94. The molecule has 1 unspecified atom stereocenters. The van der Waals surface area contributed by atoms with E-state index in [0.717, 1.165) is 0 Å². The summed E-state index contributed by atoms with van der Waals surface area (Å²) in [6.45, 7) is 7.58. The van der Waals surface area contributed by atoms with Crippen LogP contribution in [0.1, 0.15) is 43.6 Å². The summed E-state index contributed by atoms with van der Waals surface area (Å²) in [6.07, 6.45) is 1.44. The average Bonchev–Trinajstić information content (AvgIpc) is 2.82. The fourth-order valence-electron chi connectivity index (χ4n) is 2.96. The van der Waals surface area contributed by atoms with Crippen molar-refractivity contribution in [2.45, 2.75) is 33.7 Å². The normalized spacial score (nSPS) is 11.7. The average molecular weight is 504 g/mol. The van der Waals surface area contributed by atoms with Crippen LogP contribution >= 0.6 is 11.6 Å². The molecule has 2 N–H and O–H groups in total. The van der Waals surface area contributed by atoms with Crippen LogP contribution in [0.3, 0.4) is 0 Å². The molecule has 2 aromatic carbocycles. The van der Waals surface area contributed by atoms with Gasteiger partial charge in [-0.25, -0.2) is 10.2 Å². The van der Waals surface area contributed by atoms with E-state index >= 15 is 0 Å². The molecule has 0 bridgehead atoms. The highest BCUT2D eigenvalue weighted by Crippen LogP contribution is 2.28. The molecular formula is C25H30ClN3O6. The minimum atomic E-state index is -0.809. The van der Waals surface area contributed by atoms with Gasteiger partial charge < -0.3 is 19.5 Å². The molecule has 9 nitrogen and oxygen atoms in total.